The van der Waals surface area contributed by atoms with Gasteiger partial charge in [-0.25, -0.2) is 0 Å². The number of ether oxygens (including phenoxy) is 1. The highest BCUT2D eigenvalue weighted by molar-refractivity contribution is 9.10. The molecular weight excluding hydrogens is 508 g/mol. The third-order valence-electron chi connectivity index (χ3n) is 7.53. The summed E-state index contributed by atoms with van der Waals surface area (Å²) in [5.74, 6) is 1.14. The fourth-order valence-electron chi connectivity index (χ4n) is 5.37. The molecule has 0 bridgehead atoms. The molecule has 2 aliphatic rings. The molecular formula is C27H31BrN4O3. The second-order valence-electron chi connectivity index (χ2n) is 9.84. The number of aromatic nitrogens is 2. The predicted octanol–water partition coefficient (Wildman–Crippen LogP) is 4.66. The second-order valence-corrected chi connectivity index (χ2v) is 10.7. The van der Waals surface area contributed by atoms with Gasteiger partial charge >= 0.3 is 0 Å². The van der Waals surface area contributed by atoms with E-state index in [1.54, 1.807) is 24.3 Å². The van der Waals surface area contributed by atoms with Gasteiger partial charge in [-0.3, -0.25) is 4.68 Å². The van der Waals surface area contributed by atoms with Crippen LogP contribution in [0.5, 0.6) is 5.75 Å². The van der Waals surface area contributed by atoms with Crippen molar-refractivity contribution in [3.8, 4) is 11.8 Å². The Bertz CT molecular complexity index is 1210. The fourth-order valence-corrected chi connectivity index (χ4v) is 5.98. The Morgan fingerprint density at radius 3 is 2.77 bits per heavy atom. The Kier molecular flexibility index (Phi) is 7.28. The lowest BCUT2D eigenvalue weighted by Gasteiger charge is -2.27. The summed E-state index contributed by atoms with van der Waals surface area (Å²) in [4.78, 5) is 2.30. The summed E-state index contributed by atoms with van der Waals surface area (Å²) in [6, 6.07) is 13.8. The standard InChI is InChI=1S/C27H31BrN4O3/c28-24-11-21-15-32(22-6-4-18(16-33)5-7-22)30-25(21)12-26(24)31-9-8-20(14-31)27(34)17-35-23-3-1-2-19(10-23)13-29/h1-3,10-12,15,18,20,22,27,33-34H,4-9,14,16-17H2/t18?,20-,22?,27?/m0/s1. The van der Waals surface area contributed by atoms with Crippen molar-refractivity contribution in [1.29, 1.82) is 5.26 Å². The number of nitriles is 1. The molecule has 1 aliphatic heterocycles. The Balaban J connectivity index is 1.23. The van der Waals surface area contributed by atoms with Gasteiger partial charge in [0.2, 0.25) is 0 Å². The molecule has 2 N–H and O–H groups in total. The molecule has 3 aromatic rings. The van der Waals surface area contributed by atoms with E-state index >= 15 is 0 Å². The van der Waals surface area contributed by atoms with Crippen LogP contribution in [-0.2, 0) is 0 Å². The average Bonchev–Trinajstić information content (AvgIpc) is 3.54. The number of hydrogen-bond donors (Lipinski definition) is 2. The number of nitrogens with zero attached hydrogens (tertiary/aromatic N) is 4. The zero-order valence-electron chi connectivity index (χ0n) is 19.7. The topological polar surface area (TPSA) is 94.5 Å². The van der Waals surface area contributed by atoms with E-state index in [1.807, 2.05) is 0 Å². The Morgan fingerprint density at radius 2 is 2.00 bits per heavy atom. The first-order valence-electron chi connectivity index (χ1n) is 12.4. The summed E-state index contributed by atoms with van der Waals surface area (Å²) in [6.45, 7) is 2.10. The highest BCUT2D eigenvalue weighted by atomic mass is 79.9. The van der Waals surface area contributed by atoms with Crippen LogP contribution in [0.2, 0.25) is 0 Å². The average molecular weight is 539 g/mol. The maximum Gasteiger partial charge on any atom is 0.120 e. The highest BCUT2D eigenvalue weighted by Crippen LogP contribution is 2.37. The van der Waals surface area contributed by atoms with Crippen molar-refractivity contribution in [3.63, 3.8) is 0 Å². The monoisotopic (exact) mass is 538 g/mol. The van der Waals surface area contributed by atoms with Gasteiger partial charge in [0.05, 0.1) is 35.0 Å². The van der Waals surface area contributed by atoms with Gasteiger partial charge in [0.25, 0.3) is 0 Å². The van der Waals surface area contributed by atoms with E-state index in [9.17, 15) is 10.2 Å². The largest absolute Gasteiger partial charge is 0.491 e. The number of fused-ring (bicyclic) bond motifs is 1. The van der Waals surface area contributed by atoms with E-state index in [1.165, 1.54) is 0 Å². The van der Waals surface area contributed by atoms with Gasteiger partial charge in [-0.05, 0) is 84.3 Å². The van der Waals surface area contributed by atoms with Crippen LogP contribution in [-0.4, -0.2) is 52.4 Å². The summed E-state index contributed by atoms with van der Waals surface area (Å²) in [6.07, 6.45) is 6.67. The van der Waals surface area contributed by atoms with Crippen molar-refractivity contribution < 1.29 is 14.9 Å². The molecule has 184 valence electrons. The molecule has 2 fully saturated rings. The zero-order chi connectivity index (χ0) is 24.4. The van der Waals surface area contributed by atoms with Crippen molar-refractivity contribution >= 4 is 32.5 Å². The molecule has 1 saturated heterocycles. The van der Waals surface area contributed by atoms with E-state index in [-0.39, 0.29) is 19.1 Å². The van der Waals surface area contributed by atoms with E-state index in [0.29, 0.717) is 23.3 Å². The predicted molar refractivity (Wildman–Crippen MR) is 138 cm³/mol. The first-order chi connectivity index (χ1) is 17.0. The summed E-state index contributed by atoms with van der Waals surface area (Å²) in [5.41, 5.74) is 2.63. The van der Waals surface area contributed by atoms with Crippen LogP contribution in [0.1, 0.15) is 43.7 Å². The minimum Gasteiger partial charge on any atom is -0.491 e. The third-order valence-corrected chi connectivity index (χ3v) is 8.17. The van der Waals surface area contributed by atoms with Crippen molar-refractivity contribution in [2.45, 2.75) is 44.2 Å². The van der Waals surface area contributed by atoms with Crippen molar-refractivity contribution in [3.05, 3.63) is 52.6 Å². The molecule has 2 aromatic carbocycles. The van der Waals surface area contributed by atoms with Gasteiger partial charge in [0.15, 0.2) is 0 Å². The number of aliphatic hydroxyl groups is 2. The Morgan fingerprint density at radius 1 is 1.17 bits per heavy atom. The molecule has 8 heteroatoms. The molecule has 0 radical (unpaired) electrons. The van der Waals surface area contributed by atoms with Gasteiger partial charge in [0, 0.05) is 41.7 Å². The number of rotatable bonds is 7. The minimum atomic E-state index is -0.582. The Hall–Kier alpha value is -2.60. The zero-order valence-corrected chi connectivity index (χ0v) is 21.3. The molecule has 2 atom stereocenters. The maximum atomic E-state index is 10.8. The van der Waals surface area contributed by atoms with E-state index in [0.717, 1.165) is 66.3 Å². The Labute approximate surface area is 214 Å². The van der Waals surface area contributed by atoms with Crippen LogP contribution in [0.4, 0.5) is 5.69 Å². The van der Waals surface area contributed by atoms with Crippen molar-refractivity contribution in [1.82, 2.24) is 9.78 Å². The highest BCUT2D eigenvalue weighted by Gasteiger charge is 2.30. The minimum absolute atomic E-state index is 0.107. The normalized spacial score (nSPS) is 23.4. The molecule has 1 unspecified atom stereocenters. The summed E-state index contributed by atoms with van der Waals surface area (Å²) in [7, 11) is 0. The lowest BCUT2D eigenvalue weighted by Crippen LogP contribution is -2.30. The summed E-state index contributed by atoms with van der Waals surface area (Å²) >= 11 is 3.76. The quantitative estimate of drug-likeness (QED) is 0.454. The molecule has 35 heavy (non-hydrogen) atoms. The number of aliphatic hydroxyl groups excluding tert-OH is 2. The molecule has 0 spiro atoms. The number of anilines is 1. The van der Waals surface area contributed by atoms with Crippen molar-refractivity contribution in [2.75, 3.05) is 31.2 Å². The molecule has 2 heterocycles. The lowest BCUT2D eigenvalue weighted by atomic mass is 9.87. The number of halogens is 1. The maximum absolute atomic E-state index is 10.8. The summed E-state index contributed by atoms with van der Waals surface area (Å²) < 4.78 is 8.91. The van der Waals surface area contributed by atoms with E-state index in [4.69, 9.17) is 15.1 Å². The molecule has 1 aromatic heterocycles. The van der Waals surface area contributed by atoms with E-state index < -0.39 is 6.10 Å². The van der Waals surface area contributed by atoms with Gasteiger partial charge in [-0.15, -0.1) is 0 Å². The van der Waals surface area contributed by atoms with Gasteiger partial charge in [-0.1, -0.05) is 6.07 Å². The molecule has 5 rings (SSSR count). The van der Waals surface area contributed by atoms with Crippen molar-refractivity contribution in [2.24, 2.45) is 11.8 Å². The van der Waals surface area contributed by atoms with E-state index in [2.05, 4.69) is 49.9 Å². The number of hydrogen-bond acceptors (Lipinski definition) is 6. The first kappa shape index (κ1) is 24.1. The lowest BCUT2D eigenvalue weighted by molar-refractivity contribution is 0.0647. The fraction of sp³-hybridized carbons (Fsp3) is 0.481. The molecule has 0 amide bonds. The van der Waals surface area contributed by atoms with Gasteiger partial charge in [-0.2, -0.15) is 10.4 Å². The SMILES string of the molecule is N#Cc1cccc(OCC(O)[C@H]2CCN(c3cc4nn(C5CCC(CO)CC5)cc4cc3Br)C2)c1. The third kappa shape index (κ3) is 5.32. The number of benzene rings is 2. The molecule has 1 saturated carbocycles. The smallest absolute Gasteiger partial charge is 0.120 e. The summed E-state index contributed by atoms with van der Waals surface area (Å²) in [5, 5.41) is 35.3. The van der Waals surface area contributed by atoms with Crippen LogP contribution in [0.3, 0.4) is 0 Å². The second kappa shape index (κ2) is 10.6. The van der Waals surface area contributed by atoms with Crippen LogP contribution < -0.4 is 9.64 Å². The molecule has 7 nitrogen and oxygen atoms in total. The first-order valence-corrected chi connectivity index (χ1v) is 13.2. The van der Waals surface area contributed by atoms with Gasteiger partial charge < -0.3 is 19.8 Å². The van der Waals surface area contributed by atoms with Crippen LogP contribution in [0.25, 0.3) is 10.9 Å². The molecule has 1 aliphatic carbocycles. The van der Waals surface area contributed by atoms with Crippen LogP contribution >= 0.6 is 15.9 Å². The van der Waals surface area contributed by atoms with Gasteiger partial charge in [0.1, 0.15) is 12.4 Å². The van der Waals surface area contributed by atoms with Crippen LogP contribution in [0, 0.1) is 23.2 Å². The van der Waals surface area contributed by atoms with Crippen LogP contribution in [0.15, 0.2) is 47.1 Å².